The summed E-state index contributed by atoms with van der Waals surface area (Å²) in [5, 5.41) is 0.574. The van der Waals surface area contributed by atoms with E-state index in [4.69, 9.17) is 4.74 Å². The van der Waals surface area contributed by atoms with Crippen LogP contribution >= 0.6 is 23.7 Å². The monoisotopic (exact) mass is 564 g/mol. The van der Waals surface area contributed by atoms with Gasteiger partial charge in [-0.2, -0.15) is 4.31 Å². The largest absolute Gasteiger partial charge is 0.494 e. The second-order valence-electron chi connectivity index (χ2n) is 8.24. The molecule has 8 nitrogen and oxygen atoms in total. The van der Waals surface area contributed by atoms with Crippen LogP contribution < -0.4 is 9.64 Å². The molecule has 2 aromatic carbocycles. The highest BCUT2D eigenvalue weighted by molar-refractivity contribution is 7.89. The Morgan fingerprint density at radius 3 is 2.27 bits per heavy atom. The van der Waals surface area contributed by atoms with Crippen LogP contribution in [-0.4, -0.2) is 75.4 Å². The molecule has 3 aromatic rings. The van der Waals surface area contributed by atoms with Gasteiger partial charge in [-0.15, -0.1) is 25.6 Å². The lowest BCUT2D eigenvalue weighted by Gasteiger charge is -2.22. The molecule has 0 saturated carbocycles. The van der Waals surface area contributed by atoms with Crippen LogP contribution in [0, 0.1) is 0 Å². The molecule has 1 heterocycles. The Balaban J connectivity index is 0.00000481. The average molecular weight is 565 g/mol. The van der Waals surface area contributed by atoms with Gasteiger partial charge in [0, 0.05) is 31.7 Å². The number of hydrogen-bond acceptors (Lipinski definition) is 7. The van der Waals surface area contributed by atoms with Crippen molar-refractivity contribution in [2.45, 2.75) is 11.8 Å². The number of rotatable bonds is 13. The van der Waals surface area contributed by atoms with E-state index in [1.165, 1.54) is 39.9 Å². The highest BCUT2D eigenvalue weighted by Crippen LogP contribution is 2.32. The SMILES string of the molecule is C=CCN(CC=C)S(=O)(=O)c1ccc(C(=O)N(CCN(C)C)c2nc3ccc(OCC)cc3s2)cc1.Cl. The van der Waals surface area contributed by atoms with Crippen LogP contribution in [0.5, 0.6) is 5.75 Å². The number of aromatic nitrogens is 1. The Labute approximate surface area is 229 Å². The zero-order valence-electron chi connectivity index (χ0n) is 21.3. The van der Waals surface area contributed by atoms with Crippen LogP contribution in [0.25, 0.3) is 10.2 Å². The first-order chi connectivity index (χ1) is 17.2. The Morgan fingerprint density at radius 2 is 1.70 bits per heavy atom. The van der Waals surface area contributed by atoms with E-state index in [1.54, 1.807) is 17.0 Å². The standard InChI is InChI=1S/C26H32N4O4S2.ClH/c1-6-15-29(16-7-2)36(32,33)22-12-9-20(10-13-22)25(31)30(18-17-28(4)5)26-27-23-14-11-21(34-8-3)19-24(23)35-26;/h6-7,9-14,19H,1-2,8,15-18H2,3-5H3;1H. The Kier molecular flexibility index (Phi) is 11.3. The van der Waals surface area contributed by atoms with E-state index in [2.05, 4.69) is 18.1 Å². The lowest BCUT2D eigenvalue weighted by Crippen LogP contribution is -2.36. The van der Waals surface area contributed by atoms with Crippen molar-refractivity contribution in [2.24, 2.45) is 0 Å². The molecular weight excluding hydrogens is 532 g/mol. The highest BCUT2D eigenvalue weighted by atomic mass is 35.5. The number of anilines is 1. The van der Waals surface area contributed by atoms with Crippen molar-refractivity contribution in [1.29, 1.82) is 0 Å². The van der Waals surface area contributed by atoms with Gasteiger partial charge in [-0.05, 0) is 63.5 Å². The molecule has 0 atom stereocenters. The third-order valence-electron chi connectivity index (χ3n) is 5.31. The fraction of sp³-hybridized carbons (Fsp3) is 0.308. The van der Waals surface area contributed by atoms with Gasteiger partial charge in [0.15, 0.2) is 5.13 Å². The van der Waals surface area contributed by atoms with Crippen LogP contribution in [0.4, 0.5) is 5.13 Å². The summed E-state index contributed by atoms with van der Waals surface area (Å²) in [4.78, 5) is 22.0. The summed E-state index contributed by atoms with van der Waals surface area (Å²) in [6.07, 6.45) is 3.05. The van der Waals surface area contributed by atoms with Gasteiger partial charge in [-0.25, -0.2) is 13.4 Å². The number of hydrogen-bond donors (Lipinski definition) is 0. The number of amides is 1. The average Bonchev–Trinajstić information content (AvgIpc) is 3.27. The van der Waals surface area contributed by atoms with E-state index in [-0.39, 0.29) is 36.3 Å². The molecule has 0 fully saturated rings. The second-order valence-corrected chi connectivity index (χ2v) is 11.2. The van der Waals surface area contributed by atoms with Crippen LogP contribution in [0.2, 0.25) is 0 Å². The Morgan fingerprint density at radius 1 is 1.05 bits per heavy atom. The minimum absolute atomic E-state index is 0. The first kappa shape index (κ1) is 30.5. The van der Waals surface area contributed by atoms with Crippen molar-refractivity contribution in [2.75, 3.05) is 51.8 Å². The molecule has 0 bridgehead atoms. The zero-order chi connectivity index (χ0) is 26.3. The fourth-order valence-electron chi connectivity index (χ4n) is 3.48. The van der Waals surface area contributed by atoms with Crippen LogP contribution in [0.3, 0.4) is 0 Å². The molecule has 11 heteroatoms. The van der Waals surface area contributed by atoms with Crippen molar-refractivity contribution in [1.82, 2.24) is 14.2 Å². The number of nitrogens with zero attached hydrogens (tertiary/aromatic N) is 4. The molecule has 1 aromatic heterocycles. The van der Waals surface area contributed by atoms with Crippen molar-refractivity contribution < 1.29 is 17.9 Å². The van der Waals surface area contributed by atoms with Crippen molar-refractivity contribution >= 4 is 55.0 Å². The summed E-state index contributed by atoms with van der Waals surface area (Å²) in [6.45, 7) is 11.1. The number of carbonyl (C=O) groups is 1. The molecule has 1 amide bonds. The zero-order valence-corrected chi connectivity index (χ0v) is 23.7. The van der Waals surface area contributed by atoms with Crippen molar-refractivity contribution in [3.63, 3.8) is 0 Å². The molecule has 0 radical (unpaired) electrons. The number of ether oxygens (including phenoxy) is 1. The summed E-state index contributed by atoms with van der Waals surface area (Å²) in [5.74, 6) is 0.504. The summed E-state index contributed by atoms with van der Waals surface area (Å²) in [7, 11) is 0.125. The van der Waals surface area contributed by atoms with Crippen molar-refractivity contribution in [3.8, 4) is 5.75 Å². The van der Waals surface area contributed by atoms with E-state index in [0.29, 0.717) is 30.4 Å². The molecular formula is C26H33ClN4O4S2. The minimum atomic E-state index is -3.75. The first-order valence-corrected chi connectivity index (χ1v) is 13.8. The number of likely N-dealkylation sites (N-methyl/N-ethyl adjacent to an activating group) is 1. The minimum Gasteiger partial charge on any atom is -0.494 e. The van der Waals surface area contributed by atoms with Gasteiger partial charge in [0.05, 0.1) is 21.7 Å². The van der Waals surface area contributed by atoms with Gasteiger partial charge in [0.2, 0.25) is 10.0 Å². The first-order valence-electron chi connectivity index (χ1n) is 11.5. The molecule has 0 aliphatic heterocycles. The van der Waals surface area contributed by atoms with Crippen LogP contribution in [0.1, 0.15) is 17.3 Å². The molecule has 0 aliphatic carbocycles. The fourth-order valence-corrected chi connectivity index (χ4v) is 5.88. The highest BCUT2D eigenvalue weighted by Gasteiger charge is 2.25. The van der Waals surface area contributed by atoms with Gasteiger partial charge in [0.25, 0.3) is 5.91 Å². The third-order valence-corrected chi connectivity index (χ3v) is 8.20. The summed E-state index contributed by atoms with van der Waals surface area (Å²) < 4.78 is 33.8. The lowest BCUT2D eigenvalue weighted by atomic mass is 10.2. The van der Waals surface area contributed by atoms with Crippen LogP contribution in [0.15, 0.2) is 72.7 Å². The smallest absolute Gasteiger partial charge is 0.260 e. The maximum absolute atomic E-state index is 13.6. The number of halogens is 1. The van der Waals surface area contributed by atoms with E-state index in [9.17, 15) is 13.2 Å². The normalized spacial score (nSPS) is 11.4. The third kappa shape index (κ3) is 7.39. The predicted octanol–water partition coefficient (Wildman–Crippen LogP) is 4.69. The van der Waals surface area contributed by atoms with Crippen LogP contribution in [-0.2, 0) is 10.0 Å². The molecule has 0 aliphatic rings. The van der Waals surface area contributed by atoms with E-state index in [1.807, 2.05) is 44.1 Å². The quantitative estimate of drug-likeness (QED) is 0.280. The molecule has 0 spiro atoms. The Hall–Kier alpha value is -2.76. The maximum atomic E-state index is 13.6. The summed E-state index contributed by atoms with van der Waals surface area (Å²) in [6, 6.07) is 11.7. The number of sulfonamides is 1. The number of fused-ring (bicyclic) bond motifs is 1. The molecule has 200 valence electrons. The second kappa shape index (κ2) is 13.7. The molecule has 0 unspecified atom stereocenters. The van der Waals surface area contributed by atoms with Gasteiger partial charge < -0.3 is 9.64 Å². The topological polar surface area (TPSA) is 83.1 Å². The summed E-state index contributed by atoms with van der Waals surface area (Å²) in [5.41, 5.74) is 1.16. The van der Waals surface area contributed by atoms with E-state index < -0.39 is 10.0 Å². The van der Waals surface area contributed by atoms with E-state index >= 15 is 0 Å². The van der Waals surface area contributed by atoms with Gasteiger partial charge >= 0.3 is 0 Å². The molecule has 37 heavy (non-hydrogen) atoms. The maximum Gasteiger partial charge on any atom is 0.260 e. The van der Waals surface area contributed by atoms with Gasteiger partial charge in [0.1, 0.15) is 5.75 Å². The van der Waals surface area contributed by atoms with E-state index in [0.717, 1.165) is 16.0 Å². The number of benzene rings is 2. The number of thiazole rings is 1. The van der Waals surface area contributed by atoms with Crippen molar-refractivity contribution in [3.05, 3.63) is 73.3 Å². The van der Waals surface area contributed by atoms with Gasteiger partial charge in [-0.1, -0.05) is 23.5 Å². The molecule has 3 rings (SSSR count). The number of carbonyl (C=O) groups excluding carboxylic acids is 1. The predicted molar refractivity (Wildman–Crippen MR) is 154 cm³/mol. The molecule has 0 saturated heterocycles. The lowest BCUT2D eigenvalue weighted by molar-refractivity contribution is 0.0985. The molecule has 0 N–H and O–H groups in total. The Bertz CT molecular complexity index is 1310. The van der Waals surface area contributed by atoms with Gasteiger partial charge in [-0.3, -0.25) is 9.69 Å². The summed E-state index contributed by atoms with van der Waals surface area (Å²) >= 11 is 1.42.